The van der Waals surface area contributed by atoms with Crippen LogP contribution in [-0.4, -0.2) is 31.7 Å². The van der Waals surface area contributed by atoms with Crippen LogP contribution in [0.15, 0.2) is 41.3 Å². The SMILES string of the molecule is CCN(CC(=O)NC(C)c1cc(C)c(C)cc1C)S(=O)(=O)c1ccc(C)cc1. The van der Waals surface area contributed by atoms with Crippen molar-refractivity contribution in [2.24, 2.45) is 0 Å². The highest BCUT2D eigenvalue weighted by atomic mass is 32.2. The van der Waals surface area contributed by atoms with Gasteiger partial charge in [0.05, 0.1) is 17.5 Å². The number of nitrogens with zero attached hydrogens (tertiary/aromatic N) is 1. The summed E-state index contributed by atoms with van der Waals surface area (Å²) in [5.74, 6) is -0.317. The molecule has 0 saturated carbocycles. The van der Waals surface area contributed by atoms with Crippen LogP contribution in [0.4, 0.5) is 0 Å². The third kappa shape index (κ3) is 5.00. The number of likely N-dealkylation sites (N-methyl/N-ethyl adjacent to an activating group) is 1. The number of nitrogens with one attached hydrogen (secondary N) is 1. The number of hydrogen-bond acceptors (Lipinski definition) is 3. The lowest BCUT2D eigenvalue weighted by molar-refractivity contribution is -0.121. The molecule has 0 aliphatic rings. The number of carbonyl (C=O) groups is 1. The van der Waals surface area contributed by atoms with E-state index in [4.69, 9.17) is 0 Å². The third-order valence-corrected chi connectivity index (χ3v) is 6.99. The second-order valence-electron chi connectivity index (χ2n) is 7.33. The van der Waals surface area contributed by atoms with Gasteiger partial charge in [-0.1, -0.05) is 36.8 Å². The highest BCUT2D eigenvalue weighted by Crippen LogP contribution is 2.22. The first-order chi connectivity index (χ1) is 13.1. The molecule has 2 aromatic rings. The molecule has 0 bridgehead atoms. The molecular formula is C22H30N2O3S. The summed E-state index contributed by atoms with van der Waals surface area (Å²) in [5, 5.41) is 2.94. The predicted molar refractivity (Wildman–Crippen MR) is 113 cm³/mol. The van der Waals surface area contributed by atoms with Crippen molar-refractivity contribution in [2.75, 3.05) is 13.1 Å². The van der Waals surface area contributed by atoms with E-state index in [-0.39, 0.29) is 29.9 Å². The summed E-state index contributed by atoms with van der Waals surface area (Å²) in [6, 6.07) is 10.6. The fraction of sp³-hybridized carbons (Fsp3) is 0.409. The molecule has 152 valence electrons. The first kappa shape index (κ1) is 22.1. The van der Waals surface area contributed by atoms with Crippen molar-refractivity contribution in [2.45, 2.75) is 52.5 Å². The van der Waals surface area contributed by atoms with Gasteiger partial charge in [-0.05, 0) is 69.0 Å². The number of rotatable bonds is 7. The first-order valence-corrected chi connectivity index (χ1v) is 10.9. The lowest BCUT2D eigenvalue weighted by atomic mass is 9.96. The van der Waals surface area contributed by atoms with Gasteiger partial charge < -0.3 is 5.32 Å². The van der Waals surface area contributed by atoms with Crippen LogP contribution in [0.25, 0.3) is 0 Å². The van der Waals surface area contributed by atoms with Gasteiger partial charge in [-0.3, -0.25) is 4.79 Å². The normalized spacial score (nSPS) is 12.8. The fourth-order valence-electron chi connectivity index (χ4n) is 3.20. The summed E-state index contributed by atoms with van der Waals surface area (Å²) in [5.41, 5.74) is 5.51. The maximum atomic E-state index is 12.8. The standard InChI is InChI=1S/C22H30N2O3S/c1-7-24(28(26,27)20-10-8-15(2)9-11-20)14-22(25)23-19(6)21-13-17(4)16(3)12-18(21)5/h8-13,19H,7,14H2,1-6H3,(H,23,25). The summed E-state index contributed by atoms with van der Waals surface area (Å²) in [7, 11) is -3.71. The number of aryl methyl sites for hydroxylation is 4. The van der Waals surface area contributed by atoms with E-state index in [1.807, 2.05) is 27.7 Å². The van der Waals surface area contributed by atoms with E-state index in [0.717, 1.165) is 16.7 Å². The fourth-order valence-corrected chi connectivity index (χ4v) is 4.61. The van der Waals surface area contributed by atoms with Crippen LogP contribution in [0.3, 0.4) is 0 Å². The Morgan fingerprint density at radius 2 is 1.57 bits per heavy atom. The summed E-state index contributed by atoms with van der Waals surface area (Å²) in [6.45, 7) is 11.7. The van der Waals surface area contributed by atoms with Gasteiger partial charge in [0.15, 0.2) is 0 Å². The van der Waals surface area contributed by atoms with E-state index in [1.165, 1.54) is 15.4 Å². The van der Waals surface area contributed by atoms with Crippen molar-refractivity contribution in [1.82, 2.24) is 9.62 Å². The average molecular weight is 403 g/mol. The van der Waals surface area contributed by atoms with Gasteiger partial charge in [-0.25, -0.2) is 8.42 Å². The molecule has 1 amide bonds. The predicted octanol–water partition coefficient (Wildman–Crippen LogP) is 3.81. The van der Waals surface area contributed by atoms with Crippen molar-refractivity contribution in [1.29, 1.82) is 0 Å². The molecule has 0 saturated heterocycles. The number of benzene rings is 2. The van der Waals surface area contributed by atoms with E-state index in [0.29, 0.717) is 0 Å². The Hall–Kier alpha value is -2.18. The van der Waals surface area contributed by atoms with Gasteiger partial charge in [0, 0.05) is 6.54 Å². The van der Waals surface area contributed by atoms with Crippen molar-refractivity contribution < 1.29 is 13.2 Å². The van der Waals surface area contributed by atoms with Gasteiger partial charge in [0.2, 0.25) is 15.9 Å². The monoisotopic (exact) mass is 402 g/mol. The molecule has 0 aromatic heterocycles. The topological polar surface area (TPSA) is 66.5 Å². The molecule has 0 heterocycles. The Morgan fingerprint density at radius 3 is 2.14 bits per heavy atom. The zero-order chi connectivity index (χ0) is 21.1. The smallest absolute Gasteiger partial charge is 0.243 e. The molecule has 1 atom stereocenters. The average Bonchev–Trinajstić information content (AvgIpc) is 2.62. The molecule has 0 spiro atoms. The molecule has 0 aliphatic carbocycles. The van der Waals surface area contributed by atoms with Crippen LogP contribution in [0.5, 0.6) is 0 Å². The van der Waals surface area contributed by atoms with Crippen LogP contribution in [0.1, 0.15) is 47.7 Å². The van der Waals surface area contributed by atoms with Crippen molar-refractivity contribution in [3.63, 3.8) is 0 Å². The van der Waals surface area contributed by atoms with Crippen LogP contribution in [0.2, 0.25) is 0 Å². The minimum absolute atomic E-state index is 0.200. The maximum absolute atomic E-state index is 12.8. The lowest BCUT2D eigenvalue weighted by Crippen LogP contribution is -2.41. The Kier molecular flexibility index (Phi) is 7.01. The minimum Gasteiger partial charge on any atom is -0.348 e. The molecule has 5 nitrogen and oxygen atoms in total. The molecule has 0 aliphatic heterocycles. The molecule has 0 radical (unpaired) electrons. The first-order valence-electron chi connectivity index (χ1n) is 9.50. The van der Waals surface area contributed by atoms with E-state index < -0.39 is 10.0 Å². The van der Waals surface area contributed by atoms with Gasteiger partial charge in [0.25, 0.3) is 0 Å². The van der Waals surface area contributed by atoms with Crippen molar-refractivity contribution >= 4 is 15.9 Å². The summed E-state index contributed by atoms with van der Waals surface area (Å²) in [4.78, 5) is 12.8. The van der Waals surface area contributed by atoms with E-state index in [2.05, 4.69) is 24.4 Å². The number of amides is 1. The number of sulfonamides is 1. The van der Waals surface area contributed by atoms with Crippen molar-refractivity contribution in [3.05, 3.63) is 64.2 Å². The summed E-state index contributed by atoms with van der Waals surface area (Å²) < 4.78 is 26.9. The molecule has 1 unspecified atom stereocenters. The zero-order valence-corrected chi connectivity index (χ0v) is 18.4. The van der Waals surface area contributed by atoms with E-state index in [9.17, 15) is 13.2 Å². The Bertz CT molecular complexity index is 950. The van der Waals surface area contributed by atoms with Crippen LogP contribution in [0, 0.1) is 27.7 Å². The van der Waals surface area contributed by atoms with Crippen LogP contribution < -0.4 is 5.32 Å². The van der Waals surface area contributed by atoms with Gasteiger partial charge in [0.1, 0.15) is 0 Å². The Labute approximate surface area is 168 Å². The Morgan fingerprint density at radius 1 is 1.00 bits per heavy atom. The van der Waals surface area contributed by atoms with Crippen LogP contribution >= 0.6 is 0 Å². The summed E-state index contributed by atoms with van der Waals surface area (Å²) in [6.07, 6.45) is 0. The van der Waals surface area contributed by atoms with E-state index >= 15 is 0 Å². The quantitative estimate of drug-likeness (QED) is 0.766. The van der Waals surface area contributed by atoms with E-state index in [1.54, 1.807) is 31.2 Å². The van der Waals surface area contributed by atoms with Gasteiger partial charge in [-0.15, -0.1) is 0 Å². The molecule has 1 N–H and O–H groups in total. The number of hydrogen-bond donors (Lipinski definition) is 1. The highest BCUT2D eigenvalue weighted by Gasteiger charge is 2.26. The molecule has 0 fully saturated rings. The summed E-state index contributed by atoms with van der Waals surface area (Å²) >= 11 is 0. The second kappa shape index (κ2) is 8.88. The minimum atomic E-state index is -3.71. The third-order valence-electron chi connectivity index (χ3n) is 5.06. The van der Waals surface area contributed by atoms with Crippen LogP contribution in [-0.2, 0) is 14.8 Å². The number of carbonyl (C=O) groups excluding carboxylic acids is 1. The van der Waals surface area contributed by atoms with Gasteiger partial charge >= 0.3 is 0 Å². The second-order valence-corrected chi connectivity index (χ2v) is 9.26. The van der Waals surface area contributed by atoms with Crippen molar-refractivity contribution in [3.8, 4) is 0 Å². The van der Waals surface area contributed by atoms with Gasteiger partial charge in [-0.2, -0.15) is 4.31 Å². The Balaban J connectivity index is 2.14. The maximum Gasteiger partial charge on any atom is 0.243 e. The molecule has 6 heteroatoms. The highest BCUT2D eigenvalue weighted by molar-refractivity contribution is 7.89. The molecular weight excluding hydrogens is 372 g/mol. The zero-order valence-electron chi connectivity index (χ0n) is 17.5. The largest absolute Gasteiger partial charge is 0.348 e. The molecule has 2 aromatic carbocycles. The molecule has 2 rings (SSSR count). The lowest BCUT2D eigenvalue weighted by Gasteiger charge is -2.23. The molecule has 28 heavy (non-hydrogen) atoms.